The van der Waals surface area contributed by atoms with Gasteiger partial charge in [0.15, 0.2) is 0 Å². The molecule has 1 heterocycles. The maximum atomic E-state index is 12.4. The van der Waals surface area contributed by atoms with Gasteiger partial charge in [-0.1, -0.05) is 18.2 Å². The van der Waals surface area contributed by atoms with Crippen LogP contribution in [0.5, 0.6) is 0 Å². The Balaban J connectivity index is 2.38. The minimum Gasteiger partial charge on any atom is -0.397 e. The van der Waals surface area contributed by atoms with Gasteiger partial charge in [-0.15, -0.1) is 0 Å². The van der Waals surface area contributed by atoms with E-state index >= 15 is 0 Å². The standard InChI is InChI=1S/C14H17N3O/c1-10-9-12(15)13(16(10)2)14(18)17(3)11-7-5-4-6-8-11/h4-9H,15H2,1-3H3. The second-order valence-electron chi connectivity index (χ2n) is 4.35. The maximum Gasteiger partial charge on any atom is 0.276 e. The summed E-state index contributed by atoms with van der Waals surface area (Å²) in [5.41, 5.74) is 8.75. The first kappa shape index (κ1) is 12.2. The first-order valence-corrected chi connectivity index (χ1v) is 5.77. The molecule has 2 aromatic rings. The summed E-state index contributed by atoms with van der Waals surface area (Å²) < 4.78 is 1.82. The topological polar surface area (TPSA) is 51.3 Å². The zero-order chi connectivity index (χ0) is 13.3. The molecule has 18 heavy (non-hydrogen) atoms. The van der Waals surface area contributed by atoms with Gasteiger partial charge in [-0.2, -0.15) is 0 Å². The van der Waals surface area contributed by atoms with Crippen molar-refractivity contribution in [2.24, 2.45) is 7.05 Å². The minimum atomic E-state index is -0.102. The molecule has 2 N–H and O–H groups in total. The minimum absolute atomic E-state index is 0.102. The van der Waals surface area contributed by atoms with Crippen molar-refractivity contribution in [3.8, 4) is 0 Å². The average molecular weight is 243 g/mol. The number of carbonyl (C=O) groups excluding carboxylic acids is 1. The highest BCUT2D eigenvalue weighted by atomic mass is 16.2. The van der Waals surface area contributed by atoms with Crippen molar-refractivity contribution in [3.05, 3.63) is 47.8 Å². The Hall–Kier alpha value is -2.23. The Kier molecular flexibility index (Phi) is 3.10. The molecule has 0 saturated carbocycles. The summed E-state index contributed by atoms with van der Waals surface area (Å²) in [4.78, 5) is 14.0. The van der Waals surface area contributed by atoms with E-state index in [1.54, 1.807) is 11.9 Å². The van der Waals surface area contributed by atoms with Crippen molar-refractivity contribution >= 4 is 17.3 Å². The Morgan fingerprint density at radius 1 is 1.28 bits per heavy atom. The maximum absolute atomic E-state index is 12.4. The lowest BCUT2D eigenvalue weighted by molar-refractivity contribution is 0.0986. The van der Waals surface area contributed by atoms with E-state index in [9.17, 15) is 4.79 Å². The molecule has 0 bridgehead atoms. The highest BCUT2D eigenvalue weighted by Gasteiger charge is 2.20. The first-order valence-electron chi connectivity index (χ1n) is 5.77. The predicted molar refractivity (Wildman–Crippen MR) is 73.7 cm³/mol. The van der Waals surface area contributed by atoms with Gasteiger partial charge in [0.1, 0.15) is 5.69 Å². The third-order valence-corrected chi connectivity index (χ3v) is 3.15. The van der Waals surface area contributed by atoms with Crippen LogP contribution in [0.4, 0.5) is 11.4 Å². The van der Waals surface area contributed by atoms with E-state index in [1.165, 1.54) is 0 Å². The number of para-hydroxylation sites is 1. The summed E-state index contributed by atoms with van der Waals surface area (Å²) in [6, 6.07) is 11.3. The SMILES string of the molecule is Cc1cc(N)c(C(=O)N(C)c2ccccc2)n1C. The number of aryl methyl sites for hydroxylation is 1. The number of rotatable bonds is 2. The zero-order valence-electron chi connectivity index (χ0n) is 10.8. The van der Waals surface area contributed by atoms with Gasteiger partial charge in [0.2, 0.25) is 0 Å². The van der Waals surface area contributed by atoms with Gasteiger partial charge in [0.25, 0.3) is 5.91 Å². The van der Waals surface area contributed by atoms with Crippen LogP contribution >= 0.6 is 0 Å². The summed E-state index contributed by atoms with van der Waals surface area (Å²) in [6.45, 7) is 1.93. The number of aromatic nitrogens is 1. The molecule has 1 aromatic heterocycles. The van der Waals surface area contributed by atoms with Crippen LogP contribution in [0.15, 0.2) is 36.4 Å². The number of nitrogens with zero attached hydrogens (tertiary/aromatic N) is 2. The van der Waals surface area contributed by atoms with Crippen LogP contribution in [0.25, 0.3) is 0 Å². The van der Waals surface area contributed by atoms with Crippen LogP contribution in [-0.4, -0.2) is 17.5 Å². The molecule has 94 valence electrons. The number of benzene rings is 1. The molecule has 0 atom stereocenters. The number of nitrogens with two attached hydrogens (primary N) is 1. The lowest BCUT2D eigenvalue weighted by atomic mass is 10.2. The molecule has 0 aliphatic heterocycles. The largest absolute Gasteiger partial charge is 0.397 e. The molecule has 0 spiro atoms. The lowest BCUT2D eigenvalue weighted by Crippen LogP contribution is -2.28. The fraction of sp³-hybridized carbons (Fsp3) is 0.214. The zero-order valence-corrected chi connectivity index (χ0v) is 10.8. The van der Waals surface area contributed by atoms with Gasteiger partial charge in [-0.3, -0.25) is 4.79 Å². The van der Waals surface area contributed by atoms with E-state index in [4.69, 9.17) is 5.73 Å². The highest BCUT2D eigenvalue weighted by Crippen LogP contribution is 2.21. The Labute approximate surface area is 107 Å². The summed E-state index contributed by atoms with van der Waals surface area (Å²) in [6.07, 6.45) is 0. The average Bonchev–Trinajstić information content (AvgIpc) is 2.63. The third-order valence-electron chi connectivity index (χ3n) is 3.15. The number of anilines is 2. The Morgan fingerprint density at radius 2 is 1.89 bits per heavy atom. The van der Waals surface area contributed by atoms with Gasteiger partial charge >= 0.3 is 0 Å². The summed E-state index contributed by atoms with van der Waals surface area (Å²) >= 11 is 0. The number of hydrogen-bond acceptors (Lipinski definition) is 2. The number of hydrogen-bond donors (Lipinski definition) is 1. The van der Waals surface area contributed by atoms with Gasteiger partial charge in [0, 0.05) is 25.5 Å². The van der Waals surface area contributed by atoms with E-state index in [-0.39, 0.29) is 5.91 Å². The van der Waals surface area contributed by atoms with Crippen LogP contribution in [0, 0.1) is 6.92 Å². The first-order chi connectivity index (χ1) is 8.52. The molecular formula is C14H17N3O. The Bertz CT molecular complexity index is 572. The van der Waals surface area contributed by atoms with E-state index in [2.05, 4.69) is 0 Å². The normalized spacial score (nSPS) is 10.4. The molecule has 1 aromatic carbocycles. The third kappa shape index (κ3) is 1.97. The van der Waals surface area contributed by atoms with Gasteiger partial charge in [-0.05, 0) is 25.1 Å². The van der Waals surface area contributed by atoms with Gasteiger partial charge in [-0.25, -0.2) is 0 Å². The monoisotopic (exact) mass is 243 g/mol. The van der Waals surface area contributed by atoms with E-state index in [1.807, 2.05) is 54.9 Å². The molecule has 4 heteroatoms. The van der Waals surface area contributed by atoms with Crippen LogP contribution in [0.3, 0.4) is 0 Å². The molecule has 4 nitrogen and oxygen atoms in total. The molecule has 2 rings (SSSR count). The molecule has 0 radical (unpaired) electrons. The predicted octanol–water partition coefficient (Wildman–Crippen LogP) is 2.19. The number of carbonyl (C=O) groups is 1. The fourth-order valence-electron chi connectivity index (χ4n) is 1.95. The van der Waals surface area contributed by atoms with Crippen LogP contribution in [0.1, 0.15) is 16.2 Å². The molecule has 0 fully saturated rings. The van der Waals surface area contributed by atoms with E-state index in [0.29, 0.717) is 11.4 Å². The molecule has 0 aliphatic carbocycles. The van der Waals surface area contributed by atoms with Crippen molar-refractivity contribution in [1.29, 1.82) is 0 Å². The van der Waals surface area contributed by atoms with Crippen molar-refractivity contribution in [2.45, 2.75) is 6.92 Å². The van der Waals surface area contributed by atoms with E-state index in [0.717, 1.165) is 11.4 Å². The Morgan fingerprint density at radius 3 is 2.39 bits per heavy atom. The molecule has 0 unspecified atom stereocenters. The van der Waals surface area contributed by atoms with Crippen molar-refractivity contribution < 1.29 is 4.79 Å². The lowest BCUT2D eigenvalue weighted by Gasteiger charge is -2.18. The quantitative estimate of drug-likeness (QED) is 0.879. The molecular weight excluding hydrogens is 226 g/mol. The summed E-state index contributed by atoms with van der Waals surface area (Å²) in [5, 5.41) is 0. The second-order valence-corrected chi connectivity index (χ2v) is 4.35. The molecule has 0 aliphatic rings. The van der Waals surface area contributed by atoms with Crippen molar-refractivity contribution in [2.75, 3.05) is 17.7 Å². The summed E-state index contributed by atoms with van der Waals surface area (Å²) in [5.74, 6) is -0.102. The molecule has 1 amide bonds. The molecule has 0 saturated heterocycles. The number of amides is 1. The second kappa shape index (κ2) is 4.56. The van der Waals surface area contributed by atoms with Crippen LogP contribution in [-0.2, 0) is 7.05 Å². The smallest absolute Gasteiger partial charge is 0.276 e. The van der Waals surface area contributed by atoms with Crippen LogP contribution < -0.4 is 10.6 Å². The van der Waals surface area contributed by atoms with Gasteiger partial charge in [0.05, 0.1) is 5.69 Å². The van der Waals surface area contributed by atoms with Crippen molar-refractivity contribution in [3.63, 3.8) is 0 Å². The highest BCUT2D eigenvalue weighted by molar-refractivity contribution is 6.08. The van der Waals surface area contributed by atoms with Crippen molar-refractivity contribution in [1.82, 2.24) is 4.57 Å². The fourth-order valence-corrected chi connectivity index (χ4v) is 1.95. The van der Waals surface area contributed by atoms with E-state index < -0.39 is 0 Å². The van der Waals surface area contributed by atoms with Crippen LogP contribution in [0.2, 0.25) is 0 Å². The number of nitrogen functional groups attached to an aromatic ring is 1. The summed E-state index contributed by atoms with van der Waals surface area (Å²) in [7, 11) is 3.59. The van der Waals surface area contributed by atoms with Gasteiger partial charge < -0.3 is 15.2 Å².